The van der Waals surface area contributed by atoms with Crippen LogP contribution >= 0.6 is 0 Å². The number of carbonyl (C=O) groups excluding carboxylic acids is 4. The molecule has 0 radical (unpaired) electrons. The van der Waals surface area contributed by atoms with Crippen LogP contribution in [0, 0.1) is 0 Å². The van der Waals surface area contributed by atoms with Crippen LogP contribution in [0.5, 0.6) is 0 Å². The zero-order valence-corrected chi connectivity index (χ0v) is 15.3. The summed E-state index contributed by atoms with van der Waals surface area (Å²) in [4.78, 5) is 69.5. The third-order valence-electron chi connectivity index (χ3n) is 4.33. The summed E-state index contributed by atoms with van der Waals surface area (Å²) < 4.78 is 5.24. The highest BCUT2D eigenvalue weighted by atomic mass is 16.6. The summed E-state index contributed by atoms with van der Waals surface area (Å²) in [5, 5.41) is 43.6. The smallest absolute Gasteiger partial charge is 0.326 e. The molecule has 0 spiro atoms. The van der Waals surface area contributed by atoms with E-state index in [1.54, 1.807) is 0 Å². The second-order valence-corrected chi connectivity index (χ2v) is 6.50. The molecule has 0 aromatic heterocycles. The lowest BCUT2D eigenvalue weighted by molar-refractivity contribution is -0.147. The Labute approximate surface area is 168 Å². The zero-order valence-electron chi connectivity index (χ0n) is 15.3. The largest absolute Gasteiger partial charge is 0.481 e. The van der Waals surface area contributed by atoms with E-state index in [-0.39, 0.29) is 13.0 Å². The summed E-state index contributed by atoms with van der Waals surface area (Å²) in [6, 6.07) is -2.59. The third-order valence-corrected chi connectivity index (χ3v) is 4.33. The maximum atomic E-state index is 12.2. The number of carboxylic acid groups (broad SMARTS) is 2. The fraction of sp³-hybridized carbons (Fsp3) is 0.600. The molecule has 2 heterocycles. The number of nitrogens with one attached hydrogen (secondary N) is 3. The van der Waals surface area contributed by atoms with Crippen LogP contribution in [0.4, 0.5) is 4.79 Å². The third kappa shape index (κ3) is 5.40. The first-order chi connectivity index (χ1) is 14.0. The van der Waals surface area contributed by atoms with Gasteiger partial charge in [0.05, 0.1) is 13.0 Å². The molecule has 0 bridgehead atoms. The maximum Gasteiger partial charge on any atom is 0.326 e. The van der Waals surface area contributed by atoms with Gasteiger partial charge < -0.3 is 35.8 Å². The molecule has 2 saturated heterocycles. The van der Waals surface area contributed by atoms with Gasteiger partial charge in [-0.25, -0.2) is 9.59 Å². The van der Waals surface area contributed by atoms with Gasteiger partial charge in [-0.1, -0.05) is 0 Å². The zero-order chi connectivity index (χ0) is 22.6. The number of carbonyl (C=O) groups is 6. The minimum atomic E-state index is -1.76. The van der Waals surface area contributed by atoms with Crippen LogP contribution in [0.25, 0.3) is 0 Å². The normalized spacial score (nSPS) is 27.2. The number of ether oxygens (including phenoxy) is 1. The maximum absolute atomic E-state index is 12.2. The van der Waals surface area contributed by atoms with E-state index in [4.69, 9.17) is 14.9 Å². The fourth-order valence-electron chi connectivity index (χ4n) is 2.84. The summed E-state index contributed by atoms with van der Waals surface area (Å²) in [5.41, 5.74) is 0. The van der Waals surface area contributed by atoms with Gasteiger partial charge in [-0.15, -0.1) is 0 Å². The molecule has 0 unspecified atom stereocenters. The van der Waals surface area contributed by atoms with E-state index < -0.39 is 79.2 Å². The van der Waals surface area contributed by atoms with Crippen molar-refractivity contribution in [2.24, 2.45) is 0 Å². The summed E-state index contributed by atoms with van der Waals surface area (Å²) >= 11 is 0. The fourth-order valence-corrected chi connectivity index (χ4v) is 2.84. The number of aliphatic carboxylic acids is 2. The van der Waals surface area contributed by atoms with E-state index in [9.17, 15) is 39.0 Å². The minimum absolute atomic E-state index is 0.0768. The second kappa shape index (κ2) is 9.47. The monoisotopic (exact) mass is 432 g/mol. The van der Waals surface area contributed by atoms with Crippen molar-refractivity contribution in [3.8, 4) is 0 Å². The van der Waals surface area contributed by atoms with Crippen molar-refractivity contribution >= 4 is 35.7 Å². The molecule has 7 N–H and O–H groups in total. The molecule has 0 aromatic rings. The average molecular weight is 432 g/mol. The number of aliphatic hydroxyl groups is 2. The first-order valence-electron chi connectivity index (χ1n) is 8.65. The quantitative estimate of drug-likeness (QED) is 0.193. The van der Waals surface area contributed by atoms with Crippen LogP contribution in [0.3, 0.4) is 0 Å². The molecule has 2 rings (SSSR count). The molecular formula is C15H20N4O11. The Hall–Kier alpha value is -3.30. The predicted molar refractivity (Wildman–Crippen MR) is 90.4 cm³/mol. The number of hydrogen-bond acceptors (Lipinski definition) is 9. The number of nitrogens with zero attached hydrogens (tertiary/aromatic N) is 1. The van der Waals surface area contributed by atoms with Gasteiger partial charge >= 0.3 is 18.0 Å². The molecular weight excluding hydrogens is 412 g/mol. The lowest BCUT2D eigenvalue weighted by Crippen LogP contribution is -2.56. The standard InChI is InChI=1S/C15H20N4O11/c20-6-1-2-19(15(29)18-6)13-10(25)9(24)11(30-13)12(26)16-4-7(21)17-5(14(27)28)3-8(22)23/h5,9-11,13,24-25H,1-4H2,(H,16,26)(H,17,21)(H,22,23)(H,27,28)(H,18,20,29)/t5-,9-,10+,11-,13+/m0/s1. The Morgan fingerprint density at radius 1 is 1.17 bits per heavy atom. The van der Waals surface area contributed by atoms with Gasteiger partial charge in [0.2, 0.25) is 11.8 Å². The topological polar surface area (TPSA) is 232 Å². The molecule has 0 saturated carbocycles. The molecule has 0 aromatic carbocycles. The minimum Gasteiger partial charge on any atom is -0.481 e. The van der Waals surface area contributed by atoms with Gasteiger partial charge in [-0.2, -0.15) is 0 Å². The number of imide groups is 1. The van der Waals surface area contributed by atoms with E-state index in [1.807, 2.05) is 10.6 Å². The summed E-state index contributed by atoms with van der Waals surface area (Å²) in [7, 11) is 0. The second-order valence-electron chi connectivity index (χ2n) is 6.50. The van der Waals surface area contributed by atoms with Gasteiger partial charge in [0, 0.05) is 13.0 Å². The highest BCUT2D eigenvalue weighted by Crippen LogP contribution is 2.25. The molecule has 15 heteroatoms. The van der Waals surface area contributed by atoms with Crippen LogP contribution < -0.4 is 16.0 Å². The SMILES string of the molecule is O=C(O)C[C@H](NC(=O)CNC(=O)[C@H]1O[C@@H](N2CCC(=O)NC2=O)[C@H](O)[C@@H]1O)C(=O)O. The Morgan fingerprint density at radius 2 is 1.83 bits per heavy atom. The summed E-state index contributed by atoms with van der Waals surface area (Å²) in [5.74, 6) is -5.64. The van der Waals surface area contributed by atoms with Crippen LogP contribution in [0.2, 0.25) is 0 Å². The number of hydrogen-bond donors (Lipinski definition) is 7. The number of rotatable bonds is 8. The Bertz CT molecular complexity index is 757. The molecule has 5 amide bonds. The van der Waals surface area contributed by atoms with Gasteiger partial charge in [-0.05, 0) is 0 Å². The van der Waals surface area contributed by atoms with E-state index in [0.717, 1.165) is 4.90 Å². The molecule has 2 aliphatic heterocycles. The van der Waals surface area contributed by atoms with Gasteiger partial charge in [0.15, 0.2) is 12.3 Å². The van der Waals surface area contributed by atoms with Gasteiger partial charge in [0.1, 0.15) is 18.2 Å². The van der Waals surface area contributed by atoms with Crippen molar-refractivity contribution < 1.29 is 53.9 Å². The van der Waals surface area contributed by atoms with E-state index in [0.29, 0.717) is 0 Å². The molecule has 30 heavy (non-hydrogen) atoms. The Kier molecular flexibility index (Phi) is 7.25. The Morgan fingerprint density at radius 3 is 2.40 bits per heavy atom. The van der Waals surface area contributed by atoms with Crippen molar-refractivity contribution in [2.45, 2.75) is 43.4 Å². The van der Waals surface area contributed by atoms with Crippen LogP contribution in [0.1, 0.15) is 12.8 Å². The van der Waals surface area contributed by atoms with Crippen molar-refractivity contribution in [1.29, 1.82) is 0 Å². The van der Waals surface area contributed by atoms with Gasteiger partial charge in [0.25, 0.3) is 5.91 Å². The highest BCUT2D eigenvalue weighted by Gasteiger charge is 2.50. The van der Waals surface area contributed by atoms with Crippen LogP contribution in [-0.2, 0) is 28.7 Å². The van der Waals surface area contributed by atoms with Crippen molar-refractivity contribution in [3.05, 3.63) is 0 Å². The molecule has 5 atom stereocenters. The van der Waals surface area contributed by atoms with E-state index >= 15 is 0 Å². The number of amides is 5. The number of urea groups is 1. The lowest BCUT2D eigenvalue weighted by Gasteiger charge is -2.32. The molecule has 15 nitrogen and oxygen atoms in total. The Balaban J connectivity index is 1.91. The van der Waals surface area contributed by atoms with E-state index in [1.165, 1.54) is 0 Å². The van der Waals surface area contributed by atoms with Crippen molar-refractivity contribution in [3.63, 3.8) is 0 Å². The predicted octanol–water partition coefficient (Wildman–Crippen LogP) is -4.46. The van der Waals surface area contributed by atoms with Crippen LogP contribution in [-0.4, -0.2) is 105 Å². The molecule has 2 aliphatic rings. The summed E-state index contributed by atoms with van der Waals surface area (Å²) in [6.45, 7) is -0.885. The summed E-state index contributed by atoms with van der Waals surface area (Å²) in [6.07, 6.45) is -7.50. The molecule has 166 valence electrons. The molecule has 0 aliphatic carbocycles. The first kappa shape index (κ1) is 23.0. The highest BCUT2D eigenvalue weighted by molar-refractivity contribution is 5.97. The number of carboxylic acids is 2. The van der Waals surface area contributed by atoms with Crippen molar-refractivity contribution in [2.75, 3.05) is 13.1 Å². The lowest BCUT2D eigenvalue weighted by atomic mass is 10.1. The van der Waals surface area contributed by atoms with Crippen molar-refractivity contribution in [1.82, 2.24) is 20.9 Å². The van der Waals surface area contributed by atoms with E-state index in [2.05, 4.69) is 5.32 Å². The number of aliphatic hydroxyl groups excluding tert-OH is 2. The molecule has 2 fully saturated rings. The van der Waals surface area contributed by atoms with Gasteiger partial charge in [-0.3, -0.25) is 29.4 Å². The van der Waals surface area contributed by atoms with Crippen LogP contribution in [0.15, 0.2) is 0 Å². The first-order valence-corrected chi connectivity index (χ1v) is 8.65. The average Bonchev–Trinajstić information content (AvgIpc) is 2.94.